The minimum atomic E-state index is -0.151. The number of piperazine rings is 1. The van der Waals surface area contributed by atoms with Gasteiger partial charge in [0.1, 0.15) is 0 Å². The number of amides is 1. The monoisotopic (exact) mass is 355 g/mol. The van der Waals surface area contributed by atoms with Gasteiger partial charge in [0, 0.05) is 48.7 Å². The van der Waals surface area contributed by atoms with Crippen LogP contribution in [-0.2, 0) is 4.79 Å². The Morgan fingerprint density at radius 1 is 1.00 bits per heavy atom. The number of benzene rings is 2. The van der Waals surface area contributed by atoms with Gasteiger partial charge in [-0.3, -0.25) is 4.79 Å². The first-order valence-electron chi connectivity index (χ1n) is 8.38. The topological polar surface area (TPSA) is 35.6 Å². The number of anilines is 2. The van der Waals surface area contributed by atoms with Crippen molar-refractivity contribution in [1.29, 1.82) is 0 Å². The van der Waals surface area contributed by atoms with Crippen LogP contribution in [0.4, 0.5) is 11.4 Å². The first-order valence-corrected chi connectivity index (χ1v) is 8.76. The van der Waals surface area contributed by atoms with Crippen molar-refractivity contribution in [3.05, 3.63) is 65.2 Å². The molecule has 0 bridgehead atoms. The van der Waals surface area contributed by atoms with E-state index in [2.05, 4.69) is 34.3 Å². The third-order valence-electron chi connectivity index (χ3n) is 4.30. The highest BCUT2D eigenvalue weighted by molar-refractivity contribution is 6.30. The Labute approximate surface area is 153 Å². The molecule has 0 unspecified atom stereocenters. The van der Waals surface area contributed by atoms with Gasteiger partial charge in [-0.1, -0.05) is 23.7 Å². The number of halogens is 1. The summed E-state index contributed by atoms with van der Waals surface area (Å²) in [5, 5.41) is 3.56. The van der Waals surface area contributed by atoms with Gasteiger partial charge < -0.3 is 15.1 Å². The average Bonchev–Trinajstić information content (AvgIpc) is 2.63. The quantitative estimate of drug-likeness (QED) is 0.848. The van der Waals surface area contributed by atoms with E-state index >= 15 is 0 Å². The summed E-state index contributed by atoms with van der Waals surface area (Å²) in [6.07, 6.45) is 3.29. The first-order chi connectivity index (χ1) is 12.1. The number of carbonyl (C=O) groups is 1. The largest absolute Gasteiger partial charge is 0.369 e. The number of hydrogen-bond acceptors (Lipinski definition) is 3. The zero-order valence-corrected chi connectivity index (χ0v) is 15.0. The summed E-state index contributed by atoms with van der Waals surface area (Å²) in [7, 11) is 2.15. The Hall–Kier alpha value is -2.30. The molecule has 2 aromatic rings. The number of rotatable bonds is 4. The normalized spacial score (nSPS) is 15.5. The van der Waals surface area contributed by atoms with Crippen LogP contribution in [0, 0.1) is 0 Å². The molecule has 0 aromatic heterocycles. The Kier molecular flexibility index (Phi) is 5.74. The maximum absolute atomic E-state index is 12.0. The molecule has 1 aliphatic rings. The Balaban J connectivity index is 1.55. The fourth-order valence-electron chi connectivity index (χ4n) is 2.75. The molecule has 1 heterocycles. The summed E-state index contributed by atoms with van der Waals surface area (Å²) in [5.74, 6) is -0.151. The van der Waals surface area contributed by atoms with Crippen LogP contribution in [0.25, 0.3) is 6.08 Å². The maximum Gasteiger partial charge on any atom is 0.248 e. The molecule has 5 heteroatoms. The third-order valence-corrected chi connectivity index (χ3v) is 4.55. The third kappa shape index (κ3) is 5.08. The van der Waals surface area contributed by atoms with Gasteiger partial charge in [-0.25, -0.2) is 0 Å². The van der Waals surface area contributed by atoms with Crippen LogP contribution in [-0.4, -0.2) is 44.0 Å². The van der Waals surface area contributed by atoms with Crippen LogP contribution < -0.4 is 10.2 Å². The zero-order chi connectivity index (χ0) is 17.6. The first kappa shape index (κ1) is 17.5. The highest BCUT2D eigenvalue weighted by Crippen LogP contribution is 2.19. The lowest BCUT2D eigenvalue weighted by Crippen LogP contribution is -2.44. The fraction of sp³-hybridized carbons (Fsp3) is 0.250. The van der Waals surface area contributed by atoms with Crippen molar-refractivity contribution in [3.63, 3.8) is 0 Å². The van der Waals surface area contributed by atoms with Crippen molar-refractivity contribution >= 4 is 35.0 Å². The summed E-state index contributed by atoms with van der Waals surface area (Å²) in [5.41, 5.74) is 2.93. The molecule has 0 radical (unpaired) electrons. The second-order valence-electron chi connectivity index (χ2n) is 6.21. The van der Waals surface area contributed by atoms with Gasteiger partial charge in [0.05, 0.1) is 0 Å². The van der Waals surface area contributed by atoms with Crippen LogP contribution in [0.5, 0.6) is 0 Å². The molecular weight excluding hydrogens is 334 g/mol. The van der Waals surface area contributed by atoms with Gasteiger partial charge in [0.25, 0.3) is 0 Å². The molecular formula is C20H22ClN3O. The zero-order valence-electron chi connectivity index (χ0n) is 14.3. The van der Waals surface area contributed by atoms with Crippen LogP contribution in [0.2, 0.25) is 5.02 Å². The van der Waals surface area contributed by atoms with Crippen LogP contribution in [0.1, 0.15) is 5.56 Å². The molecule has 1 N–H and O–H groups in total. The lowest BCUT2D eigenvalue weighted by atomic mass is 10.2. The van der Waals surface area contributed by atoms with E-state index in [9.17, 15) is 4.79 Å². The van der Waals surface area contributed by atoms with Gasteiger partial charge in [0.15, 0.2) is 0 Å². The predicted molar refractivity (Wildman–Crippen MR) is 105 cm³/mol. The Bertz CT molecular complexity index is 733. The average molecular weight is 356 g/mol. The summed E-state index contributed by atoms with van der Waals surface area (Å²) >= 11 is 5.85. The van der Waals surface area contributed by atoms with Crippen molar-refractivity contribution in [3.8, 4) is 0 Å². The van der Waals surface area contributed by atoms with Gasteiger partial charge in [-0.15, -0.1) is 0 Å². The molecule has 3 rings (SSSR count). The highest BCUT2D eigenvalue weighted by atomic mass is 35.5. The lowest BCUT2D eigenvalue weighted by Gasteiger charge is -2.34. The van der Waals surface area contributed by atoms with E-state index in [1.54, 1.807) is 18.2 Å². The number of nitrogens with one attached hydrogen (secondary N) is 1. The molecule has 1 amide bonds. The molecule has 4 nitrogen and oxygen atoms in total. The van der Waals surface area contributed by atoms with Crippen molar-refractivity contribution < 1.29 is 4.79 Å². The second-order valence-corrected chi connectivity index (χ2v) is 6.65. The molecule has 2 aromatic carbocycles. The van der Waals surface area contributed by atoms with Crippen molar-refractivity contribution in [2.24, 2.45) is 0 Å². The molecule has 1 aliphatic heterocycles. The van der Waals surface area contributed by atoms with E-state index in [4.69, 9.17) is 11.6 Å². The summed E-state index contributed by atoms with van der Waals surface area (Å²) in [4.78, 5) is 16.7. The van der Waals surface area contributed by atoms with E-state index < -0.39 is 0 Å². The maximum atomic E-state index is 12.0. The molecule has 0 atom stereocenters. The summed E-state index contributed by atoms with van der Waals surface area (Å²) < 4.78 is 0. The minimum absolute atomic E-state index is 0.151. The molecule has 0 spiro atoms. The standard InChI is InChI=1S/C20H22ClN3O/c1-23-12-14-24(15-13-23)19-9-7-18(8-10-19)22-20(25)11-4-16-2-5-17(21)6-3-16/h2-11H,12-15H2,1H3,(H,22,25). The fourth-order valence-corrected chi connectivity index (χ4v) is 2.88. The van der Waals surface area contributed by atoms with Crippen molar-refractivity contribution in [2.75, 3.05) is 43.4 Å². The molecule has 130 valence electrons. The van der Waals surface area contributed by atoms with E-state index in [1.807, 2.05) is 24.3 Å². The summed E-state index contributed by atoms with van der Waals surface area (Å²) in [6, 6.07) is 15.4. The smallest absolute Gasteiger partial charge is 0.248 e. The van der Waals surface area contributed by atoms with Gasteiger partial charge in [0.2, 0.25) is 5.91 Å². The molecule has 1 fully saturated rings. The van der Waals surface area contributed by atoms with Crippen molar-refractivity contribution in [2.45, 2.75) is 0 Å². The van der Waals surface area contributed by atoms with E-state index in [0.29, 0.717) is 5.02 Å². The van der Waals surface area contributed by atoms with Crippen LogP contribution in [0.15, 0.2) is 54.6 Å². The van der Waals surface area contributed by atoms with E-state index in [0.717, 1.165) is 37.4 Å². The predicted octanol–water partition coefficient (Wildman–Crippen LogP) is 3.74. The van der Waals surface area contributed by atoms with Crippen LogP contribution in [0.3, 0.4) is 0 Å². The van der Waals surface area contributed by atoms with Gasteiger partial charge >= 0.3 is 0 Å². The Morgan fingerprint density at radius 3 is 2.28 bits per heavy atom. The summed E-state index contributed by atoms with van der Waals surface area (Å²) in [6.45, 7) is 4.22. The lowest BCUT2D eigenvalue weighted by molar-refractivity contribution is -0.111. The number of nitrogens with zero attached hydrogens (tertiary/aromatic N) is 2. The number of carbonyl (C=O) groups excluding carboxylic acids is 1. The number of hydrogen-bond donors (Lipinski definition) is 1. The molecule has 0 saturated carbocycles. The SMILES string of the molecule is CN1CCN(c2ccc(NC(=O)C=Cc3ccc(Cl)cc3)cc2)CC1. The number of likely N-dealkylation sites (N-methyl/N-ethyl adjacent to an activating group) is 1. The van der Waals surface area contributed by atoms with Gasteiger partial charge in [-0.2, -0.15) is 0 Å². The van der Waals surface area contributed by atoms with E-state index in [-0.39, 0.29) is 5.91 Å². The van der Waals surface area contributed by atoms with Gasteiger partial charge in [-0.05, 0) is 55.1 Å². The minimum Gasteiger partial charge on any atom is -0.369 e. The Morgan fingerprint density at radius 2 is 1.64 bits per heavy atom. The van der Waals surface area contributed by atoms with Crippen molar-refractivity contribution in [1.82, 2.24) is 4.90 Å². The molecule has 25 heavy (non-hydrogen) atoms. The molecule has 1 saturated heterocycles. The van der Waals surface area contributed by atoms with E-state index in [1.165, 1.54) is 11.8 Å². The molecule has 0 aliphatic carbocycles. The van der Waals surface area contributed by atoms with Crippen LogP contribution >= 0.6 is 11.6 Å². The highest BCUT2D eigenvalue weighted by Gasteiger charge is 2.13. The second kappa shape index (κ2) is 8.19.